The first kappa shape index (κ1) is 21.3. The molecule has 156 valence electrons. The third kappa shape index (κ3) is 4.40. The van der Waals surface area contributed by atoms with Gasteiger partial charge in [-0.05, 0) is 61.2 Å². The minimum Gasteiger partial charge on any atom is -0.368 e. The van der Waals surface area contributed by atoms with Crippen LogP contribution in [0.1, 0.15) is 13.8 Å². The number of nitrogens with zero attached hydrogens (tertiary/aromatic N) is 1. The summed E-state index contributed by atoms with van der Waals surface area (Å²) >= 11 is 3.61. The van der Waals surface area contributed by atoms with E-state index in [2.05, 4.69) is 95.2 Å². The molecular weight excluding hydrogens is 430 g/mol. The molecule has 0 saturated carbocycles. The number of aromatic nitrogens is 1. The quantitative estimate of drug-likeness (QED) is 0.361. The van der Waals surface area contributed by atoms with Crippen LogP contribution >= 0.6 is 35.5 Å². The molecule has 0 aliphatic carbocycles. The Bertz CT molecular complexity index is 1100. The predicted octanol–water partition coefficient (Wildman–Crippen LogP) is 6.66. The van der Waals surface area contributed by atoms with Crippen LogP contribution in [-0.2, 0) is 0 Å². The average molecular weight is 456 g/mol. The Labute approximate surface area is 192 Å². The summed E-state index contributed by atoms with van der Waals surface area (Å²) < 4.78 is 0. The predicted molar refractivity (Wildman–Crippen MR) is 134 cm³/mol. The zero-order chi connectivity index (χ0) is 19.8. The van der Waals surface area contributed by atoms with Crippen LogP contribution in [0.4, 0.5) is 5.69 Å². The van der Waals surface area contributed by atoms with E-state index in [1.54, 1.807) is 11.3 Å². The number of rotatable bonds is 4. The molecule has 6 heteroatoms. The number of halogens is 1. The first-order valence-corrected chi connectivity index (χ1v) is 11.8. The second-order valence-electron chi connectivity index (χ2n) is 7.86. The summed E-state index contributed by atoms with van der Waals surface area (Å²) in [6, 6.07) is 21.0. The maximum atomic E-state index is 3.62. The first-order chi connectivity index (χ1) is 14.2. The summed E-state index contributed by atoms with van der Waals surface area (Å²) in [5.74, 6) is 0. The zero-order valence-corrected chi connectivity index (χ0v) is 19.5. The van der Waals surface area contributed by atoms with E-state index in [1.807, 2.05) is 11.8 Å². The number of hydrogen-bond acceptors (Lipinski definition) is 4. The van der Waals surface area contributed by atoms with Crippen molar-refractivity contribution in [3.05, 3.63) is 66.2 Å². The van der Waals surface area contributed by atoms with Gasteiger partial charge in [-0.1, -0.05) is 30.0 Å². The molecule has 0 amide bonds. The van der Waals surface area contributed by atoms with Gasteiger partial charge in [0.05, 0.1) is 0 Å². The van der Waals surface area contributed by atoms with Gasteiger partial charge in [-0.2, -0.15) is 0 Å². The van der Waals surface area contributed by atoms with Crippen molar-refractivity contribution in [2.75, 3.05) is 18.0 Å². The lowest BCUT2D eigenvalue weighted by Crippen LogP contribution is -2.54. The average Bonchev–Trinajstić information content (AvgIpc) is 3.38. The normalized spacial score (nSPS) is 19.1. The minimum atomic E-state index is 0. The summed E-state index contributed by atoms with van der Waals surface area (Å²) in [7, 11) is 0. The van der Waals surface area contributed by atoms with E-state index in [4.69, 9.17) is 0 Å². The number of fused-ring (bicyclic) bond motifs is 1. The van der Waals surface area contributed by atoms with Crippen molar-refractivity contribution in [1.29, 1.82) is 0 Å². The molecule has 1 fully saturated rings. The number of benzene rings is 2. The molecule has 1 aliphatic rings. The molecular formula is C24H26ClN3S2. The Morgan fingerprint density at radius 1 is 1.00 bits per heavy atom. The van der Waals surface area contributed by atoms with Crippen molar-refractivity contribution in [3.8, 4) is 10.4 Å². The number of nitrogens with one attached hydrogen (secondary N) is 2. The van der Waals surface area contributed by atoms with Gasteiger partial charge in [-0.25, -0.2) is 0 Å². The highest BCUT2D eigenvalue weighted by atomic mass is 35.5. The molecule has 30 heavy (non-hydrogen) atoms. The van der Waals surface area contributed by atoms with Crippen LogP contribution < -0.4 is 10.2 Å². The molecule has 5 rings (SSSR count). The van der Waals surface area contributed by atoms with E-state index >= 15 is 0 Å². The molecule has 0 bridgehead atoms. The van der Waals surface area contributed by atoms with Crippen LogP contribution in [0.5, 0.6) is 0 Å². The van der Waals surface area contributed by atoms with Gasteiger partial charge in [0.2, 0.25) is 0 Å². The summed E-state index contributed by atoms with van der Waals surface area (Å²) in [6.45, 7) is 6.62. The van der Waals surface area contributed by atoms with Gasteiger partial charge in [-0.15, -0.1) is 23.7 Å². The van der Waals surface area contributed by atoms with Crippen LogP contribution in [0.15, 0.2) is 76.0 Å². The lowest BCUT2D eigenvalue weighted by molar-refractivity contribution is 0.407. The molecule has 3 nitrogen and oxygen atoms in total. The second-order valence-corrected chi connectivity index (χ2v) is 9.92. The number of thiophene rings is 1. The van der Waals surface area contributed by atoms with Gasteiger partial charge in [0.25, 0.3) is 0 Å². The summed E-state index contributed by atoms with van der Waals surface area (Å²) in [6.07, 6.45) is 2.13. The van der Waals surface area contributed by atoms with E-state index in [-0.39, 0.29) is 12.4 Å². The largest absolute Gasteiger partial charge is 0.368 e. The Morgan fingerprint density at radius 2 is 1.77 bits per heavy atom. The smallest absolute Gasteiger partial charge is 0.0467 e. The highest BCUT2D eigenvalue weighted by Crippen LogP contribution is 2.36. The van der Waals surface area contributed by atoms with Crippen molar-refractivity contribution in [3.63, 3.8) is 0 Å². The van der Waals surface area contributed by atoms with Gasteiger partial charge in [0, 0.05) is 62.6 Å². The molecule has 1 saturated heterocycles. The standard InChI is InChI=1S/C24H25N3S2.ClH/c1-16-14-27(15-17(2)26-16)19-7-10-22-21(12-19)24(13-25-22)29-20-8-5-18(6-9-20)23-4-3-11-28-23;/h3-13,16-17,25-26H,14-15H2,1-2H3;1H. The molecule has 3 heterocycles. The molecule has 2 aromatic carbocycles. The monoisotopic (exact) mass is 455 g/mol. The number of hydrogen-bond donors (Lipinski definition) is 2. The lowest BCUT2D eigenvalue weighted by Gasteiger charge is -2.37. The van der Waals surface area contributed by atoms with Crippen molar-refractivity contribution in [1.82, 2.24) is 10.3 Å². The molecule has 2 N–H and O–H groups in total. The topological polar surface area (TPSA) is 31.1 Å². The van der Waals surface area contributed by atoms with Gasteiger partial charge in [0.15, 0.2) is 0 Å². The summed E-state index contributed by atoms with van der Waals surface area (Å²) in [5, 5.41) is 7.04. The fourth-order valence-corrected chi connectivity index (χ4v) is 5.81. The van der Waals surface area contributed by atoms with E-state index in [1.165, 1.54) is 36.8 Å². The Kier molecular flexibility index (Phi) is 6.44. The van der Waals surface area contributed by atoms with Crippen LogP contribution in [0.25, 0.3) is 21.3 Å². The summed E-state index contributed by atoms with van der Waals surface area (Å²) in [5.41, 5.74) is 3.79. The van der Waals surface area contributed by atoms with E-state index in [0.29, 0.717) is 12.1 Å². The molecule has 2 atom stereocenters. The summed E-state index contributed by atoms with van der Waals surface area (Å²) in [4.78, 5) is 9.80. The Morgan fingerprint density at radius 3 is 2.47 bits per heavy atom. The highest BCUT2D eigenvalue weighted by Gasteiger charge is 2.21. The molecule has 2 aromatic heterocycles. The minimum absolute atomic E-state index is 0. The first-order valence-electron chi connectivity index (χ1n) is 10.1. The molecule has 0 radical (unpaired) electrons. The van der Waals surface area contributed by atoms with E-state index < -0.39 is 0 Å². The van der Waals surface area contributed by atoms with Crippen molar-refractivity contribution in [2.45, 2.75) is 35.7 Å². The van der Waals surface area contributed by atoms with Gasteiger partial charge < -0.3 is 15.2 Å². The van der Waals surface area contributed by atoms with Crippen molar-refractivity contribution < 1.29 is 0 Å². The third-order valence-electron chi connectivity index (χ3n) is 5.44. The molecule has 0 spiro atoms. The van der Waals surface area contributed by atoms with Gasteiger partial charge >= 0.3 is 0 Å². The van der Waals surface area contributed by atoms with Crippen LogP contribution in [-0.4, -0.2) is 30.2 Å². The van der Waals surface area contributed by atoms with Crippen LogP contribution in [0, 0.1) is 0 Å². The SMILES string of the molecule is CC1CN(c2ccc3[nH]cc(Sc4ccc(-c5cccs5)cc4)c3c2)CC(C)N1.Cl. The maximum Gasteiger partial charge on any atom is 0.0467 e. The third-order valence-corrected chi connectivity index (χ3v) is 7.42. The lowest BCUT2D eigenvalue weighted by atomic mass is 10.1. The Hall–Kier alpha value is -1.92. The fraction of sp³-hybridized carbons (Fsp3) is 0.250. The van der Waals surface area contributed by atoms with Gasteiger partial charge in [-0.3, -0.25) is 0 Å². The number of piperazine rings is 1. The number of anilines is 1. The second kappa shape index (κ2) is 9.06. The van der Waals surface area contributed by atoms with Crippen LogP contribution in [0.2, 0.25) is 0 Å². The molecule has 1 aliphatic heterocycles. The van der Waals surface area contributed by atoms with E-state index in [9.17, 15) is 0 Å². The number of aromatic amines is 1. The van der Waals surface area contributed by atoms with Gasteiger partial charge in [0.1, 0.15) is 0 Å². The van der Waals surface area contributed by atoms with Crippen LogP contribution in [0.3, 0.4) is 0 Å². The fourth-order valence-electron chi connectivity index (χ4n) is 4.16. The van der Waals surface area contributed by atoms with Crippen molar-refractivity contribution in [2.24, 2.45) is 0 Å². The molecule has 2 unspecified atom stereocenters. The maximum absolute atomic E-state index is 3.62. The molecule has 4 aromatic rings. The number of H-pyrrole nitrogens is 1. The zero-order valence-electron chi connectivity index (χ0n) is 17.1. The van der Waals surface area contributed by atoms with E-state index in [0.717, 1.165) is 13.1 Å². The highest BCUT2D eigenvalue weighted by molar-refractivity contribution is 7.99. The Balaban J connectivity index is 0.00000218. The van der Waals surface area contributed by atoms with Crippen molar-refractivity contribution >= 4 is 52.1 Å².